The summed E-state index contributed by atoms with van der Waals surface area (Å²) in [6, 6.07) is 13.3. The summed E-state index contributed by atoms with van der Waals surface area (Å²) in [5, 5.41) is 14.1. The lowest BCUT2D eigenvalue weighted by Crippen LogP contribution is -2.23. The van der Waals surface area contributed by atoms with Crippen LogP contribution >= 0.6 is 0 Å². The van der Waals surface area contributed by atoms with E-state index in [-0.39, 0.29) is 11.7 Å². The standard InChI is InChI=1S/C19H17N3O2/c1-21-11-16(9-20-21)14-5-2-4-13(8-14)10-22-12-15-6-3-7-17(23)18(15)19(22)24/h2-9,11,23H,10,12H2,1H3. The van der Waals surface area contributed by atoms with Gasteiger partial charge in [0.25, 0.3) is 5.91 Å². The van der Waals surface area contributed by atoms with E-state index < -0.39 is 0 Å². The van der Waals surface area contributed by atoms with Crippen LogP contribution in [0.2, 0.25) is 0 Å². The third-order valence-electron chi connectivity index (χ3n) is 4.33. The second-order valence-electron chi connectivity index (χ2n) is 6.08. The number of carbonyl (C=O) groups excluding carboxylic acids is 1. The Morgan fingerprint density at radius 3 is 2.75 bits per heavy atom. The molecule has 0 radical (unpaired) electrons. The van der Waals surface area contributed by atoms with Gasteiger partial charge in [0, 0.05) is 31.9 Å². The molecule has 1 aromatic heterocycles. The van der Waals surface area contributed by atoms with Crippen LogP contribution in [0.15, 0.2) is 54.9 Å². The summed E-state index contributed by atoms with van der Waals surface area (Å²) in [5.41, 5.74) is 4.49. The number of amides is 1. The average Bonchev–Trinajstić information content (AvgIpc) is 3.13. The summed E-state index contributed by atoms with van der Waals surface area (Å²) in [4.78, 5) is 14.3. The number of aromatic nitrogens is 2. The molecule has 120 valence electrons. The molecule has 1 amide bonds. The van der Waals surface area contributed by atoms with Crippen molar-refractivity contribution in [1.82, 2.24) is 14.7 Å². The highest BCUT2D eigenvalue weighted by atomic mass is 16.3. The van der Waals surface area contributed by atoms with Crippen molar-refractivity contribution >= 4 is 5.91 Å². The molecule has 2 aromatic carbocycles. The molecule has 3 aromatic rings. The van der Waals surface area contributed by atoms with Gasteiger partial charge in [0.05, 0.1) is 11.8 Å². The van der Waals surface area contributed by atoms with Gasteiger partial charge in [-0.05, 0) is 28.8 Å². The fourth-order valence-electron chi connectivity index (χ4n) is 3.17. The Hall–Kier alpha value is -3.08. The van der Waals surface area contributed by atoms with Gasteiger partial charge in [-0.15, -0.1) is 0 Å². The first-order chi connectivity index (χ1) is 11.6. The molecule has 1 aliphatic rings. The monoisotopic (exact) mass is 319 g/mol. The number of phenols is 1. The lowest BCUT2D eigenvalue weighted by atomic mass is 10.1. The largest absolute Gasteiger partial charge is 0.507 e. The number of benzene rings is 2. The zero-order chi connectivity index (χ0) is 16.7. The molecule has 1 aliphatic heterocycles. The summed E-state index contributed by atoms with van der Waals surface area (Å²) in [7, 11) is 1.89. The number of aryl methyl sites for hydroxylation is 1. The fraction of sp³-hybridized carbons (Fsp3) is 0.158. The summed E-state index contributed by atoms with van der Waals surface area (Å²) in [6.45, 7) is 1.04. The number of nitrogens with zero attached hydrogens (tertiary/aromatic N) is 3. The summed E-state index contributed by atoms with van der Waals surface area (Å²) < 4.78 is 1.77. The van der Waals surface area contributed by atoms with E-state index in [1.807, 2.05) is 43.7 Å². The Morgan fingerprint density at radius 2 is 2.00 bits per heavy atom. The van der Waals surface area contributed by atoms with Crippen LogP contribution in [0.5, 0.6) is 5.75 Å². The molecular weight excluding hydrogens is 302 g/mol. The zero-order valence-corrected chi connectivity index (χ0v) is 13.3. The molecule has 0 saturated carbocycles. The molecule has 0 atom stereocenters. The highest BCUT2D eigenvalue weighted by molar-refractivity contribution is 6.00. The summed E-state index contributed by atoms with van der Waals surface area (Å²) in [6.07, 6.45) is 3.79. The second-order valence-corrected chi connectivity index (χ2v) is 6.08. The van der Waals surface area contributed by atoms with Gasteiger partial charge < -0.3 is 10.0 Å². The SMILES string of the molecule is Cn1cc(-c2cccc(CN3Cc4cccc(O)c4C3=O)c2)cn1. The van der Waals surface area contributed by atoms with Crippen LogP contribution in [0.1, 0.15) is 21.5 Å². The van der Waals surface area contributed by atoms with E-state index in [4.69, 9.17) is 0 Å². The molecule has 5 heteroatoms. The quantitative estimate of drug-likeness (QED) is 0.807. The summed E-state index contributed by atoms with van der Waals surface area (Å²) in [5.74, 6) is -0.0565. The van der Waals surface area contributed by atoms with E-state index in [0.717, 1.165) is 22.3 Å². The Morgan fingerprint density at radius 1 is 1.17 bits per heavy atom. The molecule has 0 bridgehead atoms. The highest BCUT2D eigenvalue weighted by Gasteiger charge is 2.29. The van der Waals surface area contributed by atoms with E-state index in [0.29, 0.717) is 18.7 Å². The summed E-state index contributed by atoms with van der Waals surface area (Å²) >= 11 is 0. The molecule has 0 spiro atoms. The minimum Gasteiger partial charge on any atom is -0.507 e. The first-order valence-corrected chi connectivity index (χ1v) is 7.80. The molecule has 4 rings (SSSR count). The van der Waals surface area contributed by atoms with Crippen LogP contribution in [-0.4, -0.2) is 25.7 Å². The van der Waals surface area contributed by atoms with Crippen molar-refractivity contribution in [2.24, 2.45) is 7.05 Å². The number of phenolic OH excluding ortho intramolecular Hbond substituents is 1. The number of aromatic hydroxyl groups is 1. The van der Waals surface area contributed by atoms with E-state index in [1.54, 1.807) is 21.7 Å². The molecule has 0 saturated heterocycles. The second kappa shape index (κ2) is 5.53. The average molecular weight is 319 g/mol. The first kappa shape index (κ1) is 14.5. The Balaban J connectivity index is 1.59. The van der Waals surface area contributed by atoms with Crippen molar-refractivity contribution in [2.75, 3.05) is 0 Å². The number of hydrogen-bond donors (Lipinski definition) is 1. The maximum atomic E-state index is 12.5. The van der Waals surface area contributed by atoms with Gasteiger partial charge in [-0.25, -0.2) is 0 Å². The van der Waals surface area contributed by atoms with Gasteiger partial charge in [0.15, 0.2) is 0 Å². The number of carbonyl (C=O) groups is 1. The normalized spacial score (nSPS) is 13.4. The van der Waals surface area contributed by atoms with Gasteiger partial charge in [-0.1, -0.05) is 30.3 Å². The van der Waals surface area contributed by atoms with Gasteiger partial charge in [-0.2, -0.15) is 5.10 Å². The Bertz CT molecular complexity index is 930. The number of rotatable bonds is 3. The van der Waals surface area contributed by atoms with E-state index in [2.05, 4.69) is 11.2 Å². The molecule has 5 nitrogen and oxygen atoms in total. The van der Waals surface area contributed by atoms with Crippen LogP contribution in [-0.2, 0) is 20.1 Å². The lowest BCUT2D eigenvalue weighted by Gasteiger charge is -2.16. The first-order valence-electron chi connectivity index (χ1n) is 7.80. The predicted molar refractivity (Wildman–Crippen MR) is 90.3 cm³/mol. The van der Waals surface area contributed by atoms with Crippen molar-refractivity contribution in [3.63, 3.8) is 0 Å². The van der Waals surface area contributed by atoms with Crippen molar-refractivity contribution in [2.45, 2.75) is 13.1 Å². The molecule has 0 unspecified atom stereocenters. The molecule has 1 N–H and O–H groups in total. The van der Waals surface area contributed by atoms with Gasteiger partial charge in [0.1, 0.15) is 5.75 Å². The number of hydrogen-bond acceptors (Lipinski definition) is 3. The molecular formula is C19H17N3O2. The topological polar surface area (TPSA) is 58.4 Å². The maximum Gasteiger partial charge on any atom is 0.258 e. The van der Waals surface area contributed by atoms with E-state index >= 15 is 0 Å². The van der Waals surface area contributed by atoms with Crippen LogP contribution in [0.4, 0.5) is 0 Å². The molecule has 2 heterocycles. The molecule has 0 fully saturated rings. The van der Waals surface area contributed by atoms with Crippen LogP contribution in [0.25, 0.3) is 11.1 Å². The highest BCUT2D eigenvalue weighted by Crippen LogP contribution is 2.31. The minimum atomic E-state index is -0.116. The van der Waals surface area contributed by atoms with Crippen LogP contribution in [0, 0.1) is 0 Å². The Labute approximate surface area is 139 Å². The van der Waals surface area contributed by atoms with Crippen molar-refractivity contribution in [1.29, 1.82) is 0 Å². The van der Waals surface area contributed by atoms with Crippen molar-refractivity contribution < 1.29 is 9.90 Å². The van der Waals surface area contributed by atoms with Gasteiger partial charge >= 0.3 is 0 Å². The number of fused-ring (bicyclic) bond motifs is 1. The third-order valence-corrected chi connectivity index (χ3v) is 4.33. The van der Waals surface area contributed by atoms with Crippen LogP contribution in [0.3, 0.4) is 0 Å². The Kier molecular flexibility index (Phi) is 3.34. The van der Waals surface area contributed by atoms with Crippen molar-refractivity contribution in [3.8, 4) is 16.9 Å². The van der Waals surface area contributed by atoms with Crippen LogP contribution < -0.4 is 0 Å². The smallest absolute Gasteiger partial charge is 0.258 e. The minimum absolute atomic E-state index is 0.0594. The van der Waals surface area contributed by atoms with E-state index in [1.165, 1.54) is 0 Å². The van der Waals surface area contributed by atoms with Crippen molar-refractivity contribution in [3.05, 3.63) is 71.5 Å². The molecule has 0 aliphatic carbocycles. The fourth-order valence-corrected chi connectivity index (χ4v) is 3.17. The van der Waals surface area contributed by atoms with Gasteiger partial charge in [0.2, 0.25) is 0 Å². The van der Waals surface area contributed by atoms with Gasteiger partial charge in [-0.3, -0.25) is 9.48 Å². The zero-order valence-electron chi connectivity index (χ0n) is 13.3. The third kappa shape index (κ3) is 2.44. The van der Waals surface area contributed by atoms with E-state index in [9.17, 15) is 9.90 Å². The molecule has 24 heavy (non-hydrogen) atoms. The maximum absolute atomic E-state index is 12.5. The predicted octanol–water partition coefficient (Wildman–Crippen LogP) is 2.95. The lowest BCUT2D eigenvalue weighted by molar-refractivity contribution is 0.0764.